The molecule has 0 spiro atoms. The van der Waals surface area contributed by atoms with Gasteiger partial charge in [0.15, 0.2) is 0 Å². The predicted octanol–water partition coefficient (Wildman–Crippen LogP) is 0.907. The summed E-state index contributed by atoms with van der Waals surface area (Å²) in [6.07, 6.45) is 0.895. The van der Waals surface area contributed by atoms with Crippen molar-refractivity contribution < 1.29 is 14.6 Å². The summed E-state index contributed by atoms with van der Waals surface area (Å²) < 4.78 is 4.57. The molecule has 0 aromatic carbocycles. The molecule has 0 atom stereocenters. The van der Waals surface area contributed by atoms with E-state index in [1.165, 1.54) is 7.11 Å². The van der Waals surface area contributed by atoms with Crippen LogP contribution in [0.4, 0.5) is 11.4 Å². The maximum absolute atomic E-state index is 10.4. The standard InChI is InChI=1S/C6H5N3O5/c1-14-6-5(9(12)13)2-4(3-7-6)8(10)11/h2-3H,1H3. The lowest BCUT2D eigenvalue weighted by molar-refractivity contribution is -0.395. The molecule has 1 heterocycles. The number of rotatable bonds is 3. The lowest BCUT2D eigenvalue weighted by atomic mass is 10.4. The van der Waals surface area contributed by atoms with E-state index < -0.39 is 21.2 Å². The number of aromatic nitrogens is 1. The molecule has 1 aromatic rings. The monoisotopic (exact) mass is 199 g/mol. The van der Waals surface area contributed by atoms with E-state index in [2.05, 4.69) is 9.72 Å². The normalized spacial score (nSPS) is 9.50. The van der Waals surface area contributed by atoms with Gasteiger partial charge in [-0.3, -0.25) is 20.2 Å². The van der Waals surface area contributed by atoms with Crippen LogP contribution in [0.2, 0.25) is 0 Å². The van der Waals surface area contributed by atoms with Crippen molar-refractivity contribution in [1.29, 1.82) is 0 Å². The van der Waals surface area contributed by atoms with Gasteiger partial charge < -0.3 is 4.74 Å². The van der Waals surface area contributed by atoms with Gasteiger partial charge in [0, 0.05) is 0 Å². The van der Waals surface area contributed by atoms with Crippen LogP contribution in [-0.2, 0) is 0 Å². The Kier molecular flexibility index (Phi) is 2.56. The Hall–Kier alpha value is -2.25. The van der Waals surface area contributed by atoms with E-state index in [0.717, 1.165) is 12.3 Å². The maximum Gasteiger partial charge on any atom is 0.337 e. The maximum atomic E-state index is 10.4. The summed E-state index contributed by atoms with van der Waals surface area (Å²) in [5.41, 5.74) is -0.973. The summed E-state index contributed by atoms with van der Waals surface area (Å²) in [6, 6.07) is 0.797. The van der Waals surface area contributed by atoms with Crippen LogP contribution in [0.3, 0.4) is 0 Å². The fourth-order valence-electron chi connectivity index (χ4n) is 0.818. The van der Waals surface area contributed by atoms with E-state index in [1.54, 1.807) is 0 Å². The van der Waals surface area contributed by atoms with Crippen LogP contribution >= 0.6 is 0 Å². The summed E-state index contributed by atoms with van der Waals surface area (Å²) in [4.78, 5) is 22.6. The molecule has 8 heteroatoms. The highest BCUT2D eigenvalue weighted by molar-refractivity contribution is 5.47. The Labute approximate surface area is 77.4 Å². The van der Waals surface area contributed by atoms with Crippen LogP contribution in [0.25, 0.3) is 0 Å². The van der Waals surface area contributed by atoms with Gasteiger partial charge in [0.25, 0.3) is 11.6 Å². The summed E-state index contributed by atoms with van der Waals surface area (Å²) in [5, 5.41) is 20.7. The molecule has 0 unspecified atom stereocenters. The Bertz CT molecular complexity index is 391. The molecule has 14 heavy (non-hydrogen) atoms. The van der Waals surface area contributed by atoms with Crippen molar-refractivity contribution in [2.45, 2.75) is 0 Å². The highest BCUT2D eigenvalue weighted by Crippen LogP contribution is 2.27. The topological polar surface area (TPSA) is 108 Å². The van der Waals surface area contributed by atoms with Crippen LogP contribution in [0, 0.1) is 20.2 Å². The number of pyridine rings is 1. The molecule has 0 saturated heterocycles. The lowest BCUT2D eigenvalue weighted by Crippen LogP contribution is -1.98. The zero-order valence-electron chi connectivity index (χ0n) is 7.04. The highest BCUT2D eigenvalue weighted by atomic mass is 16.6. The molecular weight excluding hydrogens is 194 g/mol. The van der Waals surface area contributed by atoms with Gasteiger partial charge in [0.2, 0.25) is 0 Å². The third-order valence-electron chi connectivity index (χ3n) is 1.42. The van der Waals surface area contributed by atoms with Gasteiger partial charge in [0.05, 0.1) is 17.0 Å². The number of hydrogen-bond acceptors (Lipinski definition) is 6. The van der Waals surface area contributed by atoms with Gasteiger partial charge in [-0.1, -0.05) is 0 Å². The summed E-state index contributed by atoms with van der Waals surface area (Å²) >= 11 is 0. The van der Waals surface area contributed by atoms with E-state index in [9.17, 15) is 20.2 Å². The molecule has 1 rings (SSSR count). The molecule has 0 radical (unpaired) electrons. The Morgan fingerprint density at radius 3 is 2.43 bits per heavy atom. The second kappa shape index (κ2) is 3.64. The van der Waals surface area contributed by atoms with E-state index in [0.29, 0.717) is 0 Å². The fourth-order valence-corrected chi connectivity index (χ4v) is 0.818. The molecule has 0 aliphatic carbocycles. The first-order valence-electron chi connectivity index (χ1n) is 3.39. The zero-order chi connectivity index (χ0) is 10.7. The summed E-state index contributed by atoms with van der Waals surface area (Å²) in [6.45, 7) is 0. The first-order chi connectivity index (χ1) is 6.56. The van der Waals surface area contributed by atoms with Crippen molar-refractivity contribution >= 4 is 11.4 Å². The molecule has 0 aliphatic heterocycles. The van der Waals surface area contributed by atoms with Gasteiger partial charge in [0.1, 0.15) is 12.3 Å². The lowest BCUT2D eigenvalue weighted by Gasteiger charge is -1.98. The van der Waals surface area contributed by atoms with Crippen molar-refractivity contribution in [1.82, 2.24) is 4.98 Å². The molecule has 1 aromatic heterocycles. The highest BCUT2D eigenvalue weighted by Gasteiger charge is 2.21. The molecule has 0 bridgehead atoms. The van der Waals surface area contributed by atoms with E-state index >= 15 is 0 Å². The number of nitro groups is 2. The van der Waals surface area contributed by atoms with Crippen molar-refractivity contribution in [3.05, 3.63) is 32.5 Å². The first kappa shape index (κ1) is 9.84. The number of hydrogen-bond donors (Lipinski definition) is 0. The SMILES string of the molecule is COc1ncc([N+](=O)[O-])cc1[N+](=O)[O-]. The third-order valence-corrected chi connectivity index (χ3v) is 1.42. The van der Waals surface area contributed by atoms with E-state index in [1.807, 2.05) is 0 Å². The Morgan fingerprint density at radius 2 is 2.00 bits per heavy atom. The van der Waals surface area contributed by atoms with Gasteiger partial charge in [-0.15, -0.1) is 0 Å². The zero-order valence-corrected chi connectivity index (χ0v) is 7.04. The number of ether oxygens (including phenoxy) is 1. The van der Waals surface area contributed by atoms with Crippen molar-refractivity contribution in [2.75, 3.05) is 7.11 Å². The van der Waals surface area contributed by atoms with Crippen LogP contribution < -0.4 is 4.74 Å². The minimum absolute atomic E-state index is 0.249. The minimum Gasteiger partial charge on any atom is -0.476 e. The summed E-state index contributed by atoms with van der Waals surface area (Å²) in [7, 11) is 1.20. The molecule has 0 N–H and O–H groups in total. The molecule has 0 fully saturated rings. The quantitative estimate of drug-likeness (QED) is 0.528. The largest absolute Gasteiger partial charge is 0.476 e. The van der Waals surface area contributed by atoms with Crippen molar-refractivity contribution in [2.24, 2.45) is 0 Å². The molecule has 74 valence electrons. The summed E-state index contributed by atoms with van der Waals surface area (Å²) in [5.74, 6) is -0.249. The van der Waals surface area contributed by atoms with Gasteiger partial charge in [-0.25, -0.2) is 4.98 Å². The minimum atomic E-state index is -0.793. The van der Waals surface area contributed by atoms with Crippen LogP contribution in [0.15, 0.2) is 12.3 Å². The molecule has 0 saturated carbocycles. The average molecular weight is 199 g/mol. The van der Waals surface area contributed by atoms with E-state index in [4.69, 9.17) is 0 Å². The Morgan fingerprint density at radius 1 is 1.36 bits per heavy atom. The number of methoxy groups -OCH3 is 1. The van der Waals surface area contributed by atoms with Gasteiger partial charge in [-0.05, 0) is 0 Å². The number of nitrogens with zero attached hydrogens (tertiary/aromatic N) is 3. The van der Waals surface area contributed by atoms with Crippen LogP contribution in [-0.4, -0.2) is 21.9 Å². The second-order valence-corrected chi connectivity index (χ2v) is 2.24. The molecule has 8 nitrogen and oxygen atoms in total. The second-order valence-electron chi connectivity index (χ2n) is 2.24. The van der Waals surface area contributed by atoms with E-state index in [-0.39, 0.29) is 5.88 Å². The smallest absolute Gasteiger partial charge is 0.337 e. The molecular formula is C6H5N3O5. The average Bonchev–Trinajstić information content (AvgIpc) is 2.16. The van der Waals surface area contributed by atoms with Crippen LogP contribution in [0.5, 0.6) is 5.88 Å². The molecule has 0 aliphatic rings. The first-order valence-corrected chi connectivity index (χ1v) is 3.39. The Balaban J connectivity index is 3.27. The van der Waals surface area contributed by atoms with Gasteiger partial charge in [-0.2, -0.15) is 0 Å². The van der Waals surface area contributed by atoms with Crippen LogP contribution in [0.1, 0.15) is 0 Å². The van der Waals surface area contributed by atoms with Gasteiger partial charge >= 0.3 is 5.69 Å². The van der Waals surface area contributed by atoms with Crippen molar-refractivity contribution in [3.63, 3.8) is 0 Å². The van der Waals surface area contributed by atoms with Crippen molar-refractivity contribution in [3.8, 4) is 5.88 Å². The predicted molar refractivity (Wildman–Crippen MR) is 44.1 cm³/mol. The molecule has 0 amide bonds. The third kappa shape index (κ3) is 1.73. The fraction of sp³-hybridized carbons (Fsp3) is 0.167.